The highest BCUT2D eigenvalue weighted by atomic mass is 32.1. The Morgan fingerprint density at radius 1 is 1.11 bits per heavy atom. The maximum atomic E-state index is 12.5. The van der Waals surface area contributed by atoms with Crippen molar-refractivity contribution in [2.24, 2.45) is 0 Å². The summed E-state index contributed by atoms with van der Waals surface area (Å²) in [5.41, 5.74) is 5.11. The number of aryl methyl sites for hydroxylation is 1. The molecule has 0 aliphatic rings. The lowest BCUT2D eigenvalue weighted by Crippen LogP contribution is -2.15. The second kappa shape index (κ2) is 8.40. The molecule has 28 heavy (non-hydrogen) atoms. The molecule has 5 heteroatoms. The second-order valence-electron chi connectivity index (χ2n) is 6.90. The molecule has 1 amide bonds. The number of unbranched alkanes of at least 4 members (excludes halogenated alkanes) is 1. The van der Waals surface area contributed by atoms with E-state index in [2.05, 4.69) is 29.4 Å². The molecule has 4 nitrogen and oxygen atoms in total. The van der Waals surface area contributed by atoms with Crippen LogP contribution in [0.25, 0.3) is 16.2 Å². The van der Waals surface area contributed by atoms with E-state index in [0.717, 1.165) is 34.0 Å². The number of anilines is 1. The summed E-state index contributed by atoms with van der Waals surface area (Å²) in [6, 6.07) is 18.2. The second-order valence-corrected chi connectivity index (χ2v) is 7.73. The van der Waals surface area contributed by atoms with Gasteiger partial charge in [0.1, 0.15) is 0 Å². The van der Waals surface area contributed by atoms with Crippen LogP contribution in [0, 0.1) is 0 Å². The normalized spacial score (nSPS) is 11.0. The lowest BCUT2D eigenvalue weighted by molar-refractivity contribution is -0.115. The van der Waals surface area contributed by atoms with E-state index >= 15 is 0 Å². The van der Waals surface area contributed by atoms with Crippen LogP contribution >= 0.6 is 11.3 Å². The molecule has 0 aliphatic carbocycles. The topological polar surface area (TPSA) is 46.4 Å². The Balaban J connectivity index is 1.44. The molecule has 1 N–H and O–H groups in total. The van der Waals surface area contributed by atoms with Crippen molar-refractivity contribution in [3.8, 4) is 11.3 Å². The smallest absolute Gasteiger partial charge is 0.230 e. The first-order chi connectivity index (χ1) is 13.7. The minimum atomic E-state index is -0.0176. The van der Waals surface area contributed by atoms with Crippen molar-refractivity contribution in [3.63, 3.8) is 0 Å². The van der Waals surface area contributed by atoms with E-state index in [4.69, 9.17) is 0 Å². The molecule has 0 spiro atoms. The first kappa shape index (κ1) is 18.4. The summed E-state index contributed by atoms with van der Waals surface area (Å²) in [6.45, 7) is 2.19. The molecule has 0 aliphatic heterocycles. The molecule has 2 aromatic carbocycles. The van der Waals surface area contributed by atoms with Crippen LogP contribution < -0.4 is 5.32 Å². The number of nitrogens with zero attached hydrogens (tertiary/aromatic N) is 2. The first-order valence-electron chi connectivity index (χ1n) is 9.62. The molecular formula is C23H23N3OS. The van der Waals surface area contributed by atoms with E-state index in [1.165, 1.54) is 18.4 Å². The third-order valence-corrected chi connectivity index (χ3v) is 5.64. The molecule has 142 valence electrons. The number of carbonyl (C=O) groups is 1. The first-order valence-corrected chi connectivity index (χ1v) is 10.5. The minimum Gasteiger partial charge on any atom is -0.326 e. The average molecular weight is 390 g/mol. The molecule has 2 aromatic heterocycles. The molecule has 0 radical (unpaired) electrons. The number of imidazole rings is 1. The zero-order valence-electron chi connectivity index (χ0n) is 15.9. The van der Waals surface area contributed by atoms with Crippen LogP contribution in [-0.4, -0.2) is 15.3 Å². The van der Waals surface area contributed by atoms with E-state index in [9.17, 15) is 4.79 Å². The van der Waals surface area contributed by atoms with E-state index in [0.29, 0.717) is 6.42 Å². The predicted octanol–water partition coefficient (Wildman–Crippen LogP) is 5.59. The summed E-state index contributed by atoms with van der Waals surface area (Å²) in [5.74, 6) is -0.0176. The maximum Gasteiger partial charge on any atom is 0.230 e. The molecule has 4 aromatic rings. The van der Waals surface area contributed by atoms with E-state index < -0.39 is 0 Å². The quantitative estimate of drug-likeness (QED) is 0.448. The number of rotatable bonds is 7. The highest BCUT2D eigenvalue weighted by Gasteiger charge is 2.12. The largest absolute Gasteiger partial charge is 0.326 e. The minimum absolute atomic E-state index is 0.0176. The molecule has 0 bridgehead atoms. The fraction of sp³-hybridized carbons (Fsp3) is 0.217. The van der Waals surface area contributed by atoms with Crippen molar-refractivity contribution in [3.05, 3.63) is 77.4 Å². The number of aromatic nitrogens is 2. The Bertz CT molecular complexity index is 1060. The number of amides is 1. The van der Waals surface area contributed by atoms with Crippen LogP contribution in [0.3, 0.4) is 0 Å². The molecule has 0 atom stereocenters. The molecule has 0 saturated carbocycles. The number of thiazole rings is 1. The van der Waals surface area contributed by atoms with Crippen molar-refractivity contribution in [2.45, 2.75) is 32.6 Å². The Hall–Kier alpha value is -2.92. The lowest BCUT2D eigenvalue weighted by Gasteiger charge is -2.06. The van der Waals surface area contributed by atoms with Crippen LogP contribution in [0.4, 0.5) is 5.69 Å². The SMILES string of the molecule is CCCCc1ccc(NC(=O)Cc2csc3nc(-c4ccccc4)cn23)cc1. The van der Waals surface area contributed by atoms with Crippen LogP contribution in [-0.2, 0) is 17.6 Å². The van der Waals surface area contributed by atoms with Crippen molar-refractivity contribution in [2.75, 3.05) is 5.32 Å². The van der Waals surface area contributed by atoms with Gasteiger partial charge in [-0.1, -0.05) is 55.8 Å². The van der Waals surface area contributed by atoms with Gasteiger partial charge < -0.3 is 5.32 Å². The number of nitrogens with one attached hydrogen (secondary N) is 1. The molecule has 4 rings (SSSR count). The zero-order valence-corrected chi connectivity index (χ0v) is 16.7. The van der Waals surface area contributed by atoms with Gasteiger partial charge in [-0.2, -0.15) is 0 Å². The van der Waals surface area contributed by atoms with E-state index in [-0.39, 0.29) is 5.91 Å². The van der Waals surface area contributed by atoms with Gasteiger partial charge in [-0.05, 0) is 30.5 Å². The zero-order chi connectivity index (χ0) is 19.3. The fourth-order valence-corrected chi connectivity index (χ4v) is 4.08. The van der Waals surface area contributed by atoms with Gasteiger partial charge >= 0.3 is 0 Å². The van der Waals surface area contributed by atoms with Gasteiger partial charge in [-0.15, -0.1) is 11.3 Å². The van der Waals surface area contributed by atoms with Crippen molar-refractivity contribution < 1.29 is 4.79 Å². The van der Waals surface area contributed by atoms with Crippen LogP contribution in [0.5, 0.6) is 0 Å². The standard InChI is InChI=1S/C23H23N3OS/c1-2-3-7-17-10-12-19(13-11-17)24-22(27)14-20-16-28-23-25-21(15-26(20)23)18-8-5-4-6-9-18/h4-6,8-13,15-16H,2-3,7,14H2,1H3,(H,24,27). The van der Waals surface area contributed by atoms with Crippen molar-refractivity contribution >= 4 is 27.9 Å². The van der Waals surface area contributed by atoms with Crippen molar-refractivity contribution in [1.29, 1.82) is 0 Å². The Labute approximate surface area is 168 Å². The average Bonchev–Trinajstić information content (AvgIpc) is 3.30. The number of fused-ring (bicyclic) bond motifs is 1. The molecule has 0 saturated heterocycles. The van der Waals surface area contributed by atoms with Crippen LogP contribution in [0.1, 0.15) is 31.0 Å². The summed E-state index contributed by atoms with van der Waals surface area (Å²) >= 11 is 1.56. The predicted molar refractivity (Wildman–Crippen MR) is 116 cm³/mol. The third-order valence-electron chi connectivity index (χ3n) is 4.75. The Morgan fingerprint density at radius 2 is 1.89 bits per heavy atom. The van der Waals surface area contributed by atoms with Gasteiger partial charge in [0, 0.05) is 28.5 Å². The summed E-state index contributed by atoms with van der Waals surface area (Å²) in [7, 11) is 0. The molecule has 2 heterocycles. The van der Waals surface area contributed by atoms with Gasteiger partial charge in [0.25, 0.3) is 0 Å². The monoisotopic (exact) mass is 389 g/mol. The van der Waals surface area contributed by atoms with Gasteiger partial charge in [-0.3, -0.25) is 9.20 Å². The highest BCUT2D eigenvalue weighted by Crippen LogP contribution is 2.24. The summed E-state index contributed by atoms with van der Waals surface area (Å²) < 4.78 is 2.01. The lowest BCUT2D eigenvalue weighted by atomic mass is 10.1. The third kappa shape index (κ3) is 4.15. The maximum absolute atomic E-state index is 12.5. The number of hydrogen-bond acceptors (Lipinski definition) is 3. The molecule has 0 fully saturated rings. The summed E-state index contributed by atoms with van der Waals surface area (Å²) in [4.78, 5) is 18.1. The fourth-order valence-electron chi connectivity index (χ4n) is 3.21. The number of carbonyl (C=O) groups excluding carboxylic acids is 1. The molecule has 0 unspecified atom stereocenters. The van der Waals surface area contributed by atoms with Gasteiger partial charge in [-0.25, -0.2) is 4.98 Å². The Morgan fingerprint density at radius 3 is 2.64 bits per heavy atom. The Kier molecular flexibility index (Phi) is 5.53. The van der Waals surface area contributed by atoms with E-state index in [1.54, 1.807) is 11.3 Å². The van der Waals surface area contributed by atoms with Gasteiger partial charge in [0.2, 0.25) is 5.91 Å². The van der Waals surface area contributed by atoms with Gasteiger partial charge in [0.05, 0.1) is 12.1 Å². The summed E-state index contributed by atoms with van der Waals surface area (Å²) in [5, 5.41) is 5.00. The van der Waals surface area contributed by atoms with E-state index in [1.807, 2.05) is 58.4 Å². The number of hydrogen-bond donors (Lipinski definition) is 1. The molecular weight excluding hydrogens is 366 g/mol. The summed E-state index contributed by atoms with van der Waals surface area (Å²) in [6.07, 6.45) is 5.79. The van der Waals surface area contributed by atoms with Gasteiger partial charge in [0.15, 0.2) is 4.96 Å². The van der Waals surface area contributed by atoms with Crippen LogP contribution in [0.15, 0.2) is 66.2 Å². The van der Waals surface area contributed by atoms with Crippen LogP contribution in [0.2, 0.25) is 0 Å². The van der Waals surface area contributed by atoms with Crippen molar-refractivity contribution in [1.82, 2.24) is 9.38 Å². The highest BCUT2D eigenvalue weighted by molar-refractivity contribution is 7.15. The number of benzene rings is 2.